The van der Waals surface area contributed by atoms with E-state index in [1.165, 1.54) is 18.3 Å². The number of hydrogen-bond acceptors (Lipinski definition) is 7. The number of esters is 1. The van der Waals surface area contributed by atoms with Gasteiger partial charge in [-0.15, -0.1) is 21.5 Å². The fourth-order valence-electron chi connectivity index (χ4n) is 2.07. The fourth-order valence-corrected chi connectivity index (χ4v) is 2.71. The highest BCUT2D eigenvalue weighted by molar-refractivity contribution is 7.13. The molecule has 0 fully saturated rings. The van der Waals surface area contributed by atoms with Gasteiger partial charge < -0.3 is 14.5 Å². The van der Waals surface area contributed by atoms with Crippen molar-refractivity contribution in [2.75, 3.05) is 5.32 Å². The molecule has 0 bridgehead atoms. The Morgan fingerprint density at radius 2 is 1.96 bits per heavy atom. The third-order valence-corrected chi connectivity index (χ3v) is 4.10. The van der Waals surface area contributed by atoms with E-state index in [1.54, 1.807) is 31.2 Å². The van der Waals surface area contributed by atoms with Crippen molar-refractivity contribution >= 4 is 28.9 Å². The highest BCUT2D eigenvalue weighted by Gasteiger charge is 2.20. The van der Waals surface area contributed by atoms with Gasteiger partial charge in [-0.25, -0.2) is 4.79 Å². The first-order valence-corrected chi connectivity index (χ1v) is 8.37. The van der Waals surface area contributed by atoms with Gasteiger partial charge in [-0.1, -0.05) is 6.07 Å². The topological polar surface area (TPSA) is 94.3 Å². The maximum Gasteiger partial charge on any atom is 0.338 e. The van der Waals surface area contributed by atoms with Crippen LogP contribution in [0.5, 0.6) is 0 Å². The molecule has 1 aromatic carbocycles. The van der Waals surface area contributed by atoms with E-state index < -0.39 is 12.1 Å². The molecule has 0 spiro atoms. The Morgan fingerprint density at radius 1 is 1.20 bits per heavy atom. The number of thiophene rings is 1. The van der Waals surface area contributed by atoms with Crippen LogP contribution in [0.1, 0.15) is 36.2 Å². The lowest BCUT2D eigenvalue weighted by Crippen LogP contribution is -2.10. The standard InChI is InChI=1S/C17H15N3O4S/c1-10(15-19-20-16(24-15)14-4-3-9-25-14)23-17(22)12-5-7-13(8-6-12)18-11(2)21/h3-10H,1-2H3,(H,18,21)/t10-/m1/s1. The summed E-state index contributed by atoms with van der Waals surface area (Å²) in [6.45, 7) is 3.08. The summed E-state index contributed by atoms with van der Waals surface area (Å²) in [4.78, 5) is 24.0. The molecule has 0 unspecified atom stereocenters. The second-order valence-electron chi connectivity index (χ2n) is 5.23. The van der Waals surface area contributed by atoms with Gasteiger partial charge >= 0.3 is 5.97 Å². The smallest absolute Gasteiger partial charge is 0.338 e. The van der Waals surface area contributed by atoms with Crippen LogP contribution in [0.15, 0.2) is 46.2 Å². The minimum atomic E-state index is -0.677. The SMILES string of the molecule is CC(=O)Nc1ccc(C(=O)O[C@H](C)c2nnc(-c3cccs3)o2)cc1. The van der Waals surface area contributed by atoms with Gasteiger partial charge in [0.25, 0.3) is 11.8 Å². The first kappa shape index (κ1) is 16.8. The normalized spacial score (nSPS) is 11.8. The van der Waals surface area contributed by atoms with Gasteiger partial charge in [-0.2, -0.15) is 0 Å². The zero-order chi connectivity index (χ0) is 17.8. The number of carbonyl (C=O) groups is 2. The molecule has 0 aliphatic rings. The molecule has 0 saturated carbocycles. The molecule has 3 rings (SSSR count). The van der Waals surface area contributed by atoms with E-state index in [1.807, 2.05) is 17.5 Å². The van der Waals surface area contributed by atoms with Crippen molar-refractivity contribution in [1.82, 2.24) is 10.2 Å². The fraction of sp³-hybridized carbons (Fsp3) is 0.176. The first-order valence-electron chi connectivity index (χ1n) is 7.49. The number of aromatic nitrogens is 2. The number of nitrogens with one attached hydrogen (secondary N) is 1. The summed E-state index contributed by atoms with van der Waals surface area (Å²) in [5.41, 5.74) is 0.966. The third-order valence-electron chi connectivity index (χ3n) is 3.25. The van der Waals surface area contributed by atoms with E-state index in [-0.39, 0.29) is 11.8 Å². The number of amides is 1. The van der Waals surface area contributed by atoms with E-state index in [4.69, 9.17) is 9.15 Å². The number of nitrogens with zero attached hydrogens (tertiary/aromatic N) is 2. The molecule has 2 heterocycles. The zero-order valence-electron chi connectivity index (χ0n) is 13.6. The summed E-state index contributed by atoms with van der Waals surface area (Å²) < 4.78 is 10.9. The molecular weight excluding hydrogens is 342 g/mol. The summed E-state index contributed by atoms with van der Waals surface area (Å²) in [6.07, 6.45) is -0.677. The number of ether oxygens (including phenoxy) is 1. The average Bonchev–Trinajstić information content (AvgIpc) is 3.26. The summed E-state index contributed by atoms with van der Waals surface area (Å²) >= 11 is 1.48. The van der Waals surface area contributed by atoms with Gasteiger partial charge in [-0.05, 0) is 42.6 Å². The molecule has 0 saturated heterocycles. The van der Waals surface area contributed by atoms with Gasteiger partial charge in [-0.3, -0.25) is 4.79 Å². The Bertz CT molecular complexity index is 872. The number of hydrogen-bond donors (Lipinski definition) is 1. The van der Waals surface area contributed by atoms with Crippen LogP contribution in [0.4, 0.5) is 5.69 Å². The predicted octanol–water partition coefficient (Wildman–Crippen LogP) is 3.67. The van der Waals surface area contributed by atoms with Gasteiger partial charge in [0, 0.05) is 12.6 Å². The number of rotatable bonds is 5. The molecule has 128 valence electrons. The van der Waals surface area contributed by atoms with E-state index >= 15 is 0 Å². The first-order chi connectivity index (χ1) is 12.0. The van der Waals surface area contributed by atoms with Crippen LogP contribution >= 0.6 is 11.3 Å². The lowest BCUT2D eigenvalue weighted by molar-refractivity contribution is -0.114. The van der Waals surface area contributed by atoms with Crippen LogP contribution in [0.3, 0.4) is 0 Å². The van der Waals surface area contributed by atoms with E-state index in [2.05, 4.69) is 15.5 Å². The quantitative estimate of drug-likeness (QED) is 0.700. The summed E-state index contributed by atoms with van der Waals surface area (Å²) in [7, 11) is 0. The maximum absolute atomic E-state index is 12.2. The monoisotopic (exact) mass is 357 g/mol. The van der Waals surface area contributed by atoms with Gasteiger partial charge in [0.2, 0.25) is 5.91 Å². The highest BCUT2D eigenvalue weighted by Crippen LogP contribution is 2.26. The highest BCUT2D eigenvalue weighted by atomic mass is 32.1. The Morgan fingerprint density at radius 3 is 2.60 bits per heavy atom. The largest absolute Gasteiger partial charge is 0.449 e. The van der Waals surface area contributed by atoms with E-state index in [0.717, 1.165) is 4.88 Å². The Hall–Kier alpha value is -3.00. The minimum Gasteiger partial charge on any atom is -0.449 e. The van der Waals surface area contributed by atoms with Crippen LogP contribution in [0.2, 0.25) is 0 Å². The number of benzene rings is 1. The second-order valence-corrected chi connectivity index (χ2v) is 6.18. The average molecular weight is 357 g/mol. The van der Waals surface area contributed by atoms with E-state index in [9.17, 15) is 9.59 Å². The zero-order valence-corrected chi connectivity index (χ0v) is 14.4. The number of anilines is 1. The van der Waals surface area contributed by atoms with Crippen molar-refractivity contribution in [3.05, 3.63) is 53.2 Å². The van der Waals surface area contributed by atoms with Gasteiger partial charge in [0.15, 0.2) is 6.10 Å². The molecule has 1 amide bonds. The van der Waals surface area contributed by atoms with Crippen molar-refractivity contribution in [2.24, 2.45) is 0 Å². The lowest BCUT2D eigenvalue weighted by Gasteiger charge is -2.09. The molecule has 1 N–H and O–H groups in total. The molecule has 0 aliphatic carbocycles. The molecule has 3 aromatic rings. The predicted molar refractivity (Wildman–Crippen MR) is 92.2 cm³/mol. The van der Waals surface area contributed by atoms with Gasteiger partial charge in [0.05, 0.1) is 10.4 Å². The third kappa shape index (κ3) is 4.10. The molecule has 8 heteroatoms. The molecule has 0 radical (unpaired) electrons. The summed E-state index contributed by atoms with van der Waals surface area (Å²) in [5.74, 6) is -0.0705. The number of carbonyl (C=O) groups excluding carboxylic acids is 2. The Labute approximate surface area is 147 Å². The molecule has 25 heavy (non-hydrogen) atoms. The summed E-state index contributed by atoms with van der Waals surface area (Å²) in [6, 6.07) is 10.2. The molecule has 7 nitrogen and oxygen atoms in total. The summed E-state index contributed by atoms with van der Waals surface area (Å²) in [5, 5.41) is 12.4. The van der Waals surface area contributed by atoms with Crippen molar-refractivity contribution in [2.45, 2.75) is 20.0 Å². The van der Waals surface area contributed by atoms with Crippen molar-refractivity contribution in [3.8, 4) is 10.8 Å². The van der Waals surface area contributed by atoms with Crippen LogP contribution in [-0.4, -0.2) is 22.1 Å². The Kier molecular flexibility index (Phi) is 4.90. The molecule has 2 aromatic heterocycles. The molecular formula is C17H15N3O4S. The molecule has 1 atom stereocenters. The molecule has 0 aliphatic heterocycles. The van der Waals surface area contributed by atoms with Crippen molar-refractivity contribution in [1.29, 1.82) is 0 Å². The van der Waals surface area contributed by atoms with Crippen LogP contribution in [0.25, 0.3) is 10.8 Å². The van der Waals surface area contributed by atoms with Crippen molar-refractivity contribution in [3.63, 3.8) is 0 Å². The maximum atomic E-state index is 12.2. The van der Waals surface area contributed by atoms with Crippen LogP contribution in [-0.2, 0) is 9.53 Å². The van der Waals surface area contributed by atoms with E-state index in [0.29, 0.717) is 17.1 Å². The lowest BCUT2D eigenvalue weighted by atomic mass is 10.2. The van der Waals surface area contributed by atoms with Crippen LogP contribution < -0.4 is 5.32 Å². The van der Waals surface area contributed by atoms with Crippen LogP contribution in [0, 0.1) is 0 Å². The van der Waals surface area contributed by atoms with Crippen molar-refractivity contribution < 1.29 is 18.7 Å². The Balaban J connectivity index is 1.65. The van der Waals surface area contributed by atoms with Gasteiger partial charge in [0.1, 0.15) is 0 Å². The second kappa shape index (κ2) is 7.27. The minimum absolute atomic E-state index is 0.179.